The highest BCUT2D eigenvalue weighted by molar-refractivity contribution is 8.00. The first-order chi connectivity index (χ1) is 11.3. The lowest BCUT2D eigenvalue weighted by atomic mass is 10.1. The van der Waals surface area contributed by atoms with Gasteiger partial charge in [-0.15, -0.1) is 11.8 Å². The second-order valence-corrected chi connectivity index (χ2v) is 6.32. The van der Waals surface area contributed by atoms with E-state index in [9.17, 15) is 4.79 Å². The van der Waals surface area contributed by atoms with Crippen LogP contribution in [0.2, 0.25) is 0 Å². The lowest BCUT2D eigenvalue weighted by Gasteiger charge is -2.20. The standard InChI is InChI=1S/C20H19NOS/c1-2-21(18-10-4-3-5-11-18)20(22)15-23-19-13-12-16-8-6-7-9-17(16)14-19/h3-14H,2,15H2,1H3. The molecule has 0 aromatic heterocycles. The van der Waals surface area contributed by atoms with Gasteiger partial charge in [-0.1, -0.05) is 48.5 Å². The number of amides is 1. The summed E-state index contributed by atoms with van der Waals surface area (Å²) in [5.74, 6) is 0.581. The molecule has 116 valence electrons. The largest absolute Gasteiger partial charge is 0.312 e. The topological polar surface area (TPSA) is 20.3 Å². The SMILES string of the molecule is CCN(C(=O)CSc1ccc2ccccc2c1)c1ccccc1. The van der Waals surface area contributed by atoms with Crippen LogP contribution in [0.15, 0.2) is 77.7 Å². The number of benzene rings is 3. The molecular weight excluding hydrogens is 302 g/mol. The molecule has 1 amide bonds. The van der Waals surface area contributed by atoms with Crippen molar-refractivity contribution in [2.24, 2.45) is 0 Å². The van der Waals surface area contributed by atoms with Crippen LogP contribution in [-0.4, -0.2) is 18.2 Å². The Morgan fingerprint density at radius 2 is 1.61 bits per heavy atom. The van der Waals surface area contributed by atoms with Crippen molar-refractivity contribution < 1.29 is 4.79 Å². The van der Waals surface area contributed by atoms with E-state index in [1.165, 1.54) is 10.8 Å². The Labute approximate surface area is 141 Å². The van der Waals surface area contributed by atoms with Crippen LogP contribution < -0.4 is 4.90 Å². The van der Waals surface area contributed by atoms with E-state index in [-0.39, 0.29) is 5.91 Å². The van der Waals surface area contributed by atoms with Gasteiger partial charge in [0.2, 0.25) is 5.91 Å². The number of para-hydroxylation sites is 1. The van der Waals surface area contributed by atoms with Crippen LogP contribution in [0, 0.1) is 0 Å². The van der Waals surface area contributed by atoms with Crippen LogP contribution in [0.25, 0.3) is 10.8 Å². The quantitative estimate of drug-likeness (QED) is 0.617. The molecule has 0 aliphatic rings. The van der Waals surface area contributed by atoms with E-state index in [1.807, 2.05) is 54.3 Å². The van der Waals surface area contributed by atoms with Gasteiger partial charge in [0.15, 0.2) is 0 Å². The molecule has 0 spiro atoms. The van der Waals surface area contributed by atoms with E-state index in [0.717, 1.165) is 10.6 Å². The second-order valence-electron chi connectivity index (χ2n) is 5.27. The lowest BCUT2D eigenvalue weighted by Crippen LogP contribution is -2.32. The van der Waals surface area contributed by atoms with Gasteiger partial charge in [-0.05, 0) is 42.0 Å². The van der Waals surface area contributed by atoms with Crippen molar-refractivity contribution >= 4 is 34.1 Å². The molecule has 3 aromatic rings. The Kier molecular flexibility index (Phi) is 4.99. The van der Waals surface area contributed by atoms with Gasteiger partial charge in [0.1, 0.15) is 0 Å². The average Bonchev–Trinajstić information content (AvgIpc) is 2.61. The van der Waals surface area contributed by atoms with Gasteiger partial charge in [0.25, 0.3) is 0 Å². The number of rotatable bonds is 5. The van der Waals surface area contributed by atoms with Crippen LogP contribution in [0.5, 0.6) is 0 Å². The molecule has 0 unspecified atom stereocenters. The molecule has 2 nitrogen and oxygen atoms in total. The molecule has 23 heavy (non-hydrogen) atoms. The van der Waals surface area contributed by atoms with Crippen LogP contribution >= 0.6 is 11.8 Å². The molecule has 0 saturated heterocycles. The van der Waals surface area contributed by atoms with Gasteiger partial charge >= 0.3 is 0 Å². The van der Waals surface area contributed by atoms with E-state index >= 15 is 0 Å². The fourth-order valence-corrected chi connectivity index (χ4v) is 3.41. The number of nitrogens with zero attached hydrogens (tertiary/aromatic N) is 1. The predicted molar refractivity (Wildman–Crippen MR) is 99.1 cm³/mol. The minimum absolute atomic E-state index is 0.136. The number of hydrogen-bond acceptors (Lipinski definition) is 2. The summed E-state index contributed by atoms with van der Waals surface area (Å²) in [6.07, 6.45) is 0. The van der Waals surface area contributed by atoms with E-state index in [1.54, 1.807) is 11.8 Å². The van der Waals surface area contributed by atoms with E-state index < -0.39 is 0 Å². The van der Waals surface area contributed by atoms with E-state index in [0.29, 0.717) is 12.3 Å². The van der Waals surface area contributed by atoms with Gasteiger partial charge in [0.05, 0.1) is 5.75 Å². The van der Waals surface area contributed by atoms with Crippen LogP contribution in [0.4, 0.5) is 5.69 Å². The van der Waals surface area contributed by atoms with Gasteiger partial charge in [-0.2, -0.15) is 0 Å². The molecule has 0 bridgehead atoms. The summed E-state index contributed by atoms with van der Waals surface area (Å²) in [6.45, 7) is 2.69. The van der Waals surface area contributed by atoms with Gasteiger partial charge in [-0.3, -0.25) is 4.79 Å². The molecule has 0 N–H and O–H groups in total. The fourth-order valence-electron chi connectivity index (χ4n) is 2.59. The van der Waals surface area contributed by atoms with Crippen molar-refractivity contribution in [1.82, 2.24) is 0 Å². The summed E-state index contributed by atoms with van der Waals surface area (Å²) in [5, 5.41) is 2.43. The minimum Gasteiger partial charge on any atom is -0.312 e. The average molecular weight is 321 g/mol. The van der Waals surface area contributed by atoms with Crippen molar-refractivity contribution in [3.63, 3.8) is 0 Å². The minimum atomic E-state index is 0.136. The Bertz CT molecular complexity index is 801. The van der Waals surface area contributed by atoms with Gasteiger partial charge in [0, 0.05) is 17.1 Å². The maximum absolute atomic E-state index is 12.5. The van der Waals surface area contributed by atoms with Crippen molar-refractivity contribution in [1.29, 1.82) is 0 Å². The normalized spacial score (nSPS) is 10.7. The number of carbonyl (C=O) groups is 1. The zero-order valence-electron chi connectivity index (χ0n) is 13.1. The first-order valence-electron chi connectivity index (χ1n) is 7.75. The second kappa shape index (κ2) is 7.34. The summed E-state index contributed by atoms with van der Waals surface area (Å²) < 4.78 is 0. The zero-order chi connectivity index (χ0) is 16.1. The molecule has 0 aliphatic heterocycles. The third-order valence-corrected chi connectivity index (χ3v) is 4.75. The van der Waals surface area contributed by atoms with Crippen molar-refractivity contribution in [2.45, 2.75) is 11.8 Å². The highest BCUT2D eigenvalue weighted by Crippen LogP contribution is 2.24. The molecule has 0 aliphatic carbocycles. The van der Waals surface area contributed by atoms with Crippen LogP contribution in [0.3, 0.4) is 0 Å². The van der Waals surface area contributed by atoms with E-state index in [4.69, 9.17) is 0 Å². The smallest absolute Gasteiger partial charge is 0.237 e. The van der Waals surface area contributed by atoms with Crippen molar-refractivity contribution in [2.75, 3.05) is 17.2 Å². The third kappa shape index (κ3) is 3.74. The monoisotopic (exact) mass is 321 g/mol. The molecule has 3 aromatic carbocycles. The van der Waals surface area contributed by atoms with Crippen molar-refractivity contribution in [3.8, 4) is 0 Å². The van der Waals surface area contributed by atoms with Crippen LogP contribution in [-0.2, 0) is 4.79 Å². The summed E-state index contributed by atoms with van der Waals surface area (Å²) in [5.41, 5.74) is 0.958. The highest BCUT2D eigenvalue weighted by Gasteiger charge is 2.13. The Morgan fingerprint density at radius 3 is 2.35 bits per heavy atom. The molecule has 0 fully saturated rings. The first kappa shape index (κ1) is 15.6. The fraction of sp³-hybridized carbons (Fsp3) is 0.150. The lowest BCUT2D eigenvalue weighted by molar-refractivity contribution is -0.116. The summed E-state index contributed by atoms with van der Waals surface area (Å²) in [4.78, 5) is 15.5. The van der Waals surface area contributed by atoms with Crippen LogP contribution in [0.1, 0.15) is 6.92 Å². The zero-order valence-corrected chi connectivity index (χ0v) is 13.9. The Morgan fingerprint density at radius 1 is 0.913 bits per heavy atom. The number of anilines is 1. The molecular formula is C20H19NOS. The molecule has 0 heterocycles. The summed E-state index contributed by atoms with van der Waals surface area (Å²) >= 11 is 1.59. The third-order valence-electron chi connectivity index (χ3n) is 3.77. The molecule has 0 radical (unpaired) electrons. The van der Waals surface area contributed by atoms with E-state index in [2.05, 4.69) is 30.3 Å². The number of thioether (sulfide) groups is 1. The van der Waals surface area contributed by atoms with Gasteiger partial charge in [-0.25, -0.2) is 0 Å². The predicted octanol–water partition coefficient (Wildman–Crippen LogP) is 4.99. The molecule has 3 heteroatoms. The van der Waals surface area contributed by atoms with Crippen molar-refractivity contribution in [3.05, 3.63) is 72.8 Å². The maximum Gasteiger partial charge on any atom is 0.237 e. The molecule has 0 atom stereocenters. The first-order valence-corrected chi connectivity index (χ1v) is 8.73. The molecule has 0 saturated carbocycles. The number of carbonyl (C=O) groups excluding carboxylic acids is 1. The Hall–Kier alpha value is -2.26. The number of fused-ring (bicyclic) bond motifs is 1. The van der Waals surface area contributed by atoms with Gasteiger partial charge < -0.3 is 4.90 Å². The summed E-state index contributed by atoms with van der Waals surface area (Å²) in [7, 11) is 0. The number of hydrogen-bond donors (Lipinski definition) is 0. The summed E-state index contributed by atoms with van der Waals surface area (Å²) in [6, 6.07) is 24.4. The Balaban J connectivity index is 1.69. The highest BCUT2D eigenvalue weighted by atomic mass is 32.2. The molecule has 3 rings (SSSR count). The maximum atomic E-state index is 12.5.